The lowest BCUT2D eigenvalue weighted by atomic mass is 10.1. The van der Waals surface area contributed by atoms with Crippen molar-refractivity contribution in [3.8, 4) is 0 Å². The molecule has 4 heteroatoms. The SMILES string of the molecule is CCNCc1ccc(N2CCC(OCC)CC2)cc1Cl. The fourth-order valence-corrected chi connectivity index (χ4v) is 2.89. The van der Waals surface area contributed by atoms with Crippen LogP contribution in [0.3, 0.4) is 0 Å². The largest absolute Gasteiger partial charge is 0.378 e. The predicted octanol–water partition coefficient (Wildman–Crippen LogP) is 3.45. The van der Waals surface area contributed by atoms with Crippen molar-refractivity contribution in [2.24, 2.45) is 0 Å². The maximum absolute atomic E-state index is 6.37. The van der Waals surface area contributed by atoms with Gasteiger partial charge in [0.15, 0.2) is 0 Å². The first kappa shape index (κ1) is 15.6. The van der Waals surface area contributed by atoms with Crippen LogP contribution in [-0.2, 0) is 11.3 Å². The van der Waals surface area contributed by atoms with Crippen molar-refractivity contribution in [3.63, 3.8) is 0 Å². The molecule has 1 aliphatic rings. The standard InChI is InChI=1S/C16H25ClN2O/c1-3-18-12-13-5-6-14(11-16(13)17)19-9-7-15(8-10-19)20-4-2/h5-6,11,15,18H,3-4,7-10,12H2,1-2H3. The average Bonchev–Trinajstić information content (AvgIpc) is 2.47. The highest BCUT2D eigenvalue weighted by molar-refractivity contribution is 6.31. The number of ether oxygens (including phenoxy) is 1. The maximum Gasteiger partial charge on any atom is 0.0608 e. The molecule has 1 heterocycles. The second kappa shape index (κ2) is 7.87. The molecule has 0 aliphatic carbocycles. The molecule has 1 N–H and O–H groups in total. The van der Waals surface area contributed by atoms with Gasteiger partial charge in [0.05, 0.1) is 6.10 Å². The molecule has 0 bridgehead atoms. The molecule has 0 radical (unpaired) electrons. The highest BCUT2D eigenvalue weighted by Gasteiger charge is 2.19. The van der Waals surface area contributed by atoms with E-state index >= 15 is 0 Å². The van der Waals surface area contributed by atoms with Gasteiger partial charge in [0.25, 0.3) is 0 Å². The van der Waals surface area contributed by atoms with Gasteiger partial charge in [-0.3, -0.25) is 0 Å². The fraction of sp³-hybridized carbons (Fsp3) is 0.625. The summed E-state index contributed by atoms with van der Waals surface area (Å²) in [4.78, 5) is 2.40. The Labute approximate surface area is 127 Å². The van der Waals surface area contributed by atoms with E-state index in [9.17, 15) is 0 Å². The molecular weight excluding hydrogens is 272 g/mol. The first-order valence-electron chi connectivity index (χ1n) is 7.60. The van der Waals surface area contributed by atoms with E-state index in [1.54, 1.807) is 0 Å². The monoisotopic (exact) mass is 296 g/mol. The second-order valence-corrected chi connectivity index (χ2v) is 5.60. The zero-order chi connectivity index (χ0) is 14.4. The van der Waals surface area contributed by atoms with Crippen LogP contribution in [-0.4, -0.2) is 32.3 Å². The van der Waals surface area contributed by atoms with Gasteiger partial charge in [-0.05, 0) is 44.0 Å². The molecule has 0 saturated carbocycles. The summed E-state index contributed by atoms with van der Waals surface area (Å²) in [6.07, 6.45) is 2.63. The van der Waals surface area contributed by atoms with Crippen molar-refractivity contribution in [1.82, 2.24) is 5.32 Å². The van der Waals surface area contributed by atoms with Crippen LogP contribution in [0.5, 0.6) is 0 Å². The molecule has 1 aromatic rings. The number of halogens is 1. The summed E-state index contributed by atoms with van der Waals surface area (Å²) in [5, 5.41) is 4.17. The van der Waals surface area contributed by atoms with Crippen molar-refractivity contribution in [2.75, 3.05) is 31.1 Å². The van der Waals surface area contributed by atoms with Crippen molar-refractivity contribution in [2.45, 2.75) is 39.3 Å². The van der Waals surface area contributed by atoms with Crippen LogP contribution in [0.15, 0.2) is 18.2 Å². The number of benzene rings is 1. The number of nitrogens with zero attached hydrogens (tertiary/aromatic N) is 1. The first-order valence-corrected chi connectivity index (χ1v) is 7.98. The molecule has 1 fully saturated rings. The van der Waals surface area contributed by atoms with Crippen molar-refractivity contribution in [1.29, 1.82) is 0 Å². The minimum absolute atomic E-state index is 0.430. The van der Waals surface area contributed by atoms with Gasteiger partial charge in [0.1, 0.15) is 0 Å². The molecular formula is C16H25ClN2O. The number of hydrogen-bond acceptors (Lipinski definition) is 3. The lowest BCUT2D eigenvalue weighted by molar-refractivity contribution is 0.0459. The lowest BCUT2D eigenvalue weighted by Gasteiger charge is -2.33. The van der Waals surface area contributed by atoms with E-state index < -0.39 is 0 Å². The molecule has 0 amide bonds. The number of nitrogens with one attached hydrogen (secondary N) is 1. The predicted molar refractivity (Wildman–Crippen MR) is 85.7 cm³/mol. The number of piperidine rings is 1. The van der Waals surface area contributed by atoms with Crippen molar-refractivity contribution in [3.05, 3.63) is 28.8 Å². The van der Waals surface area contributed by atoms with Gasteiger partial charge in [-0.2, -0.15) is 0 Å². The van der Waals surface area contributed by atoms with E-state index in [-0.39, 0.29) is 0 Å². The summed E-state index contributed by atoms with van der Waals surface area (Å²) in [5.74, 6) is 0. The van der Waals surface area contributed by atoms with E-state index in [1.807, 2.05) is 0 Å². The second-order valence-electron chi connectivity index (χ2n) is 5.20. The van der Waals surface area contributed by atoms with E-state index in [0.29, 0.717) is 6.10 Å². The summed E-state index contributed by atoms with van der Waals surface area (Å²) >= 11 is 6.37. The normalized spacial score (nSPS) is 16.6. The summed E-state index contributed by atoms with van der Waals surface area (Å²) in [5.41, 5.74) is 2.40. The topological polar surface area (TPSA) is 24.5 Å². The van der Waals surface area contributed by atoms with Crippen LogP contribution >= 0.6 is 11.6 Å². The maximum atomic E-state index is 6.37. The zero-order valence-corrected chi connectivity index (χ0v) is 13.2. The molecule has 0 unspecified atom stereocenters. The number of rotatable bonds is 6. The quantitative estimate of drug-likeness (QED) is 0.870. The van der Waals surface area contributed by atoms with E-state index in [2.05, 4.69) is 42.3 Å². The molecule has 0 aromatic heterocycles. The van der Waals surface area contributed by atoms with E-state index in [4.69, 9.17) is 16.3 Å². The van der Waals surface area contributed by atoms with Crippen LogP contribution < -0.4 is 10.2 Å². The van der Waals surface area contributed by atoms with Gasteiger partial charge in [0.2, 0.25) is 0 Å². The summed E-state index contributed by atoms with van der Waals surface area (Å²) in [6.45, 7) is 8.88. The number of anilines is 1. The Balaban J connectivity index is 1.95. The van der Waals surface area contributed by atoms with Gasteiger partial charge in [-0.25, -0.2) is 0 Å². The van der Waals surface area contributed by atoms with Crippen LogP contribution in [0, 0.1) is 0 Å². The van der Waals surface area contributed by atoms with Gasteiger partial charge in [0, 0.05) is 37.0 Å². The molecule has 2 rings (SSSR count). The minimum Gasteiger partial charge on any atom is -0.378 e. The molecule has 0 atom stereocenters. The molecule has 1 aromatic carbocycles. The van der Waals surface area contributed by atoms with E-state index in [0.717, 1.165) is 50.7 Å². The van der Waals surface area contributed by atoms with Crippen LogP contribution in [0.1, 0.15) is 32.3 Å². The molecule has 20 heavy (non-hydrogen) atoms. The van der Waals surface area contributed by atoms with Gasteiger partial charge >= 0.3 is 0 Å². The van der Waals surface area contributed by atoms with E-state index in [1.165, 1.54) is 11.3 Å². The Morgan fingerprint density at radius 3 is 2.65 bits per heavy atom. The lowest BCUT2D eigenvalue weighted by Crippen LogP contribution is -2.37. The smallest absolute Gasteiger partial charge is 0.0608 e. The molecule has 112 valence electrons. The third-order valence-corrected chi connectivity index (χ3v) is 4.16. The van der Waals surface area contributed by atoms with Crippen molar-refractivity contribution >= 4 is 17.3 Å². The third kappa shape index (κ3) is 4.11. The highest BCUT2D eigenvalue weighted by Crippen LogP contribution is 2.26. The summed E-state index contributed by atoms with van der Waals surface area (Å²) < 4.78 is 5.69. The van der Waals surface area contributed by atoms with Gasteiger partial charge in [-0.15, -0.1) is 0 Å². The van der Waals surface area contributed by atoms with Gasteiger partial charge in [-0.1, -0.05) is 24.6 Å². The van der Waals surface area contributed by atoms with Crippen molar-refractivity contribution < 1.29 is 4.74 Å². The Morgan fingerprint density at radius 2 is 2.05 bits per heavy atom. The van der Waals surface area contributed by atoms with Gasteiger partial charge < -0.3 is 15.0 Å². The Hall–Kier alpha value is -0.770. The van der Waals surface area contributed by atoms with Crippen LogP contribution in [0.2, 0.25) is 5.02 Å². The minimum atomic E-state index is 0.430. The highest BCUT2D eigenvalue weighted by atomic mass is 35.5. The Bertz CT molecular complexity index is 417. The van der Waals surface area contributed by atoms with Crippen LogP contribution in [0.4, 0.5) is 5.69 Å². The molecule has 1 aliphatic heterocycles. The Kier molecular flexibility index (Phi) is 6.14. The molecule has 0 spiro atoms. The molecule has 1 saturated heterocycles. The molecule has 3 nitrogen and oxygen atoms in total. The summed E-state index contributed by atoms with van der Waals surface area (Å²) in [7, 11) is 0. The zero-order valence-electron chi connectivity index (χ0n) is 12.5. The fourth-order valence-electron chi connectivity index (χ4n) is 2.65. The van der Waals surface area contributed by atoms with Crippen LogP contribution in [0.25, 0.3) is 0 Å². The first-order chi connectivity index (χ1) is 9.74. The average molecular weight is 297 g/mol. The Morgan fingerprint density at radius 1 is 1.30 bits per heavy atom. The third-order valence-electron chi connectivity index (χ3n) is 3.81. The number of hydrogen-bond donors (Lipinski definition) is 1. The summed E-state index contributed by atoms with van der Waals surface area (Å²) in [6, 6.07) is 6.41.